The highest BCUT2D eigenvalue weighted by Gasteiger charge is 2.18. The average Bonchev–Trinajstić information content (AvgIpc) is 3.23. The molecule has 0 aliphatic rings. The number of phenols is 1. The lowest BCUT2D eigenvalue weighted by Crippen LogP contribution is -2.20. The third-order valence-electron chi connectivity index (χ3n) is 4.76. The van der Waals surface area contributed by atoms with Crippen molar-refractivity contribution in [2.24, 2.45) is 0 Å². The van der Waals surface area contributed by atoms with Gasteiger partial charge in [0.05, 0.1) is 22.6 Å². The first-order valence-corrected chi connectivity index (χ1v) is 10.8. The first kappa shape index (κ1) is 20.6. The molecule has 4 N–H and O–H groups in total. The number of hydrogen-bond acceptors (Lipinski definition) is 8. The van der Waals surface area contributed by atoms with E-state index in [0.29, 0.717) is 29.2 Å². The number of anilines is 3. The number of hydrogen-bond donors (Lipinski definition) is 4. The third kappa shape index (κ3) is 4.27. The molecule has 2 heterocycles. The van der Waals surface area contributed by atoms with Crippen LogP contribution in [-0.2, 0) is 16.6 Å². The normalized spacial score (nSPS) is 11.5. The van der Waals surface area contributed by atoms with Crippen LogP contribution in [-0.4, -0.2) is 47.6 Å². The number of nitrogens with one attached hydrogen (secondary N) is 3. The third-order valence-corrected chi connectivity index (χ3v) is 6.18. The smallest absolute Gasteiger partial charge is 0.240 e. The fourth-order valence-corrected chi connectivity index (χ4v) is 3.99. The Morgan fingerprint density at radius 2 is 1.97 bits per heavy atom. The first-order chi connectivity index (χ1) is 14.9. The van der Waals surface area contributed by atoms with E-state index in [2.05, 4.69) is 30.0 Å². The van der Waals surface area contributed by atoms with E-state index >= 15 is 0 Å². The molecule has 2 aromatic heterocycles. The summed E-state index contributed by atoms with van der Waals surface area (Å²) in [5, 5.41) is 13.0. The molecule has 160 valence electrons. The van der Waals surface area contributed by atoms with Crippen molar-refractivity contribution in [1.82, 2.24) is 24.7 Å². The molecule has 0 atom stereocenters. The Hall–Kier alpha value is -3.70. The van der Waals surface area contributed by atoms with Crippen molar-refractivity contribution in [2.75, 3.05) is 24.3 Å². The van der Waals surface area contributed by atoms with Crippen molar-refractivity contribution in [2.45, 2.75) is 11.4 Å². The van der Waals surface area contributed by atoms with Gasteiger partial charge in [0.15, 0.2) is 11.5 Å². The zero-order valence-corrected chi connectivity index (χ0v) is 17.7. The van der Waals surface area contributed by atoms with Gasteiger partial charge in [-0.1, -0.05) is 12.1 Å². The molecule has 4 aromatic rings. The SMILES string of the molecule is CNS(=O)(=O)c1ccc(N(C)Cc2cccc(O)c2)c(Nc2ncnc3nc[nH]c23)c1. The van der Waals surface area contributed by atoms with Crippen molar-refractivity contribution in [3.63, 3.8) is 0 Å². The quantitative estimate of drug-likeness (QED) is 0.344. The minimum absolute atomic E-state index is 0.113. The molecule has 31 heavy (non-hydrogen) atoms. The molecule has 0 aliphatic carbocycles. The predicted octanol–water partition coefficient (Wildman–Crippen LogP) is 2.35. The van der Waals surface area contributed by atoms with Gasteiger partial charge >= 0.3 is 0 Å². The van der Waals surface area contributed by atoms with Crippen molar-refractivity contribution >= 4 is 38.4 Å². The van der Waals surface area contributed by atoms with Gasteiger partial charge < -0.3 is 20.3 Å². The molecular weight excluding hydrogens is 418 g/mol. The fourth-order valence-electron chi connectivity index (χ4n) is 3.23. The highest BCUT2D eigenvalue weighted by atomic mass is 32.2. The summed E-state index contributed by atoms with van der Waals surface area (Å²) in [7, 11) is -0.405. The lowest BCUT2D eigenvalue weighted by atomic mass is 10.2. The molecule has 0 saturated carbocycles. The lowest BCUT2D eigenvalue weighted by molar-refractivity contribution is 0.474. The molecule has 0 aliphatic heterocycles. The Bertz CT molecular complexity index is 1340. The monoisotopic (exact) mass is 439 g/mol. The van der Waals surface area contributed by atoms with Crippen LogP contribution in [0.15, 0.2) is 60.0 Å². The molecule has 0 spiro atoms. The van der Waals surface area contributed by atoms with Crippen molar-refractivity contribution in [1.29, 1.82) is 0 Å². The highest BCUT2D eigenvalue weighted by molar-refractivity contribution is 7.89. The van der Waals surface area contributed by atoms with Gasteiger partial charge in [0.2, 0.25) is 10.0 Å². The summed E-state index contributed by atoms with van der Waals surface area (Å²) in [6, 6.07) is 11.8. The minimum atomic E-state index is -3.65. The number of fused-ring (bicyclic) bond motifs is 1. The molecule has 0 amide bonds. The fraction of sp³-hybridized carbons (Fsp3) is 0.150. The van der Waals surface area contributed by atoms with Crippen LogP contribution < -0.4 is 14.9 Å². The van der Waals surface area contributed by atoms with Gasteiger partial charge in [-0.05, 0) is 42.9 Å². The van der Waals surface area contributed by atoms with E-state index in [-0.39, 0.29) is 10.6 Å². The summed E-state index contributed by atoms with van der Waals surface area (Å²) in [5.41, 5.74) is 3.27. The molecule has 0 unspecified atom stereocenters. The molecule has 11 heteroatoms. The highest BCUT2D eigenvalue weighted by Crippen LogP contribution is 2.32. The van der Waals surface area contributed by atoms with Crippen LogP contribution in [0.5, 0.6) is 5.75 Å². The lowest BCUT2D eigenvalue weighted by Gasteiger charge is -2.24. The van der Waals surface area contributed by atoms with E-state index in [1.165, 1.54) is 25.8 Å². The predicted molar refractivity (Wildman–Crippen MR) is 118 cm³/mol. The van der Waals surface area contributed by atoms with Gasteiger partial charge in [-0.2, -0.15) is 0 Å². The largest absolute Gasteiger partial charge is 0.508 e. The number of aromatic amines is 1. The summed E-state index contributed by atoms with van der Waals surface area (Å²) in [5.74, 6) is 0.649. The summed E-state index contributed by atoms with van der Waals surface area (Å²) < 4.78 is 27.1. The van der Waals surface area contributed by atoms with Gasteiger partial charge in [-0.25, -0.2) is 28.1 Å². The maximum Gasteiger partial charge on any atom is 0.240 e. The van der Waals surface area contributed by atoms with Crippen LogP contribution >= 0.6 is 0 Å². The van der Waals surface area contributed by atoms with Crippen LogP contribution in [0.25, 0.3) is 11.2 Å². The van der Waals surface area contributed by atoms with Crippen LogP contribution in [0.1, 0.15) is 5.56 Å². The molecule has 2 aromatic carbocycles. The Morgan fingerprint density at radius 3 is 2.74 bits per heavy atom. The number of H-pyrrole nitrogens is 1. The number of aromatic hydroxyl groups is 1. The number of aromatic nitrogens is 4. The standard InChI is InChI=1S/C20H21N7O3S/c1-21-31(29,30)15-6-7-17(27(2)10-13-4-3-5-14(28)8-13)16(9-15)26-20-18-19(23-11-22-18)24-12-25-20/h3-9,11-12,21,28H,10H2,1-2H3,(H2,22,23,24,25,26). The van der Waals surface area contributed by atoms with Crippen LogP contribution in [0, 0.1) is 0 Å². The molecule has 0 fully saturated rings. The van der Waals surface area contributed by atoms with E-state index in [1.54, 1.807) is 30.3 Å². The Kier molecular flexibility index (Phi) is 5.44. The summed E-state index contributed by atoms with van der Waals surface area (Å²) in [6.07, 6.45) is 2.90. The molecule has 10 nitrogen and oxygen atoms in total. The Morgan fingerprint density at radius 1 is 1.13 bits per heavy atom. The second-order valence-corrected chi connectivity index (χ2v) is 8.75. The van der Waals surface area contributed by atoms with Crippen LogP contribution in [0.2, 0.25) is 0 Å². The number of sulfonamides is 1. The van der Waals surface area contributed by atoms with Crippen molar-refractivity contribution < 1.29 is 13.5 Å². The van der Waals surface area contributed by atoms with Gasteiger partial charge in [0.1, 0.15) is 17.6 Å². The average molecular weight is 440 g/mol. The number of phenolic OH excluding ortho intramolecular Hbond substituents is 1. The van der Waals surface area contributed by atoms with E-state index in [0.717, 1.165) is 11.3 Å². The van der Waals surface area contributed by atoms with Crippen LogP contribution in [0.3, 0.4) is 0 Å². The van der Waals surface area contributed by atoms with Gasteiger partial charge in [0.25, 0.3) is 0 Å². The number of benzene rings is 2. The molecule has 0 bridgehead atoms. The summed E-state index contributed by atoms with van der Waals surface area (Å²) >= 11 is 0. The van der Waals surface area contributed by atoms with E-state index in [9.17, 15) is 13.5 Å². The second kappa shape index (κ2) is 8.20. The zero-order valence-electron chi connectivity index (χ0n) is 16.9. The zero-order chi connectivity index (χ0) is 22.0. The van der Waals surface area contributed by atoms with Gasteiger partial charge in [-0.15, -0.1) is 0 Å². The Balaban J connectivity index is 1.76. The van der Waals surface area contributed by atoms with Crippen LogP contribution in [0.4, 0.5) is 17.2 Å². The molecule has 0 radical (unpaired) electrons. The molecule has 0 saturated heterocycles. The van der Waals surface area contributed by atoms with Crippen molar-refractivity contribution in [3.8, 4) is 5.75 Å². The number of nitrogens with zero attached hydrogens (tertiary/aromatic N) is 4. The van der Waals surface area contributed by atoms with Gasteiger partial charge in [-0.3, -0.25) is 0 Å². The molecular formula is C20H21N7O3S. The summed E-state index contributed by atoms with van der Waals surface area (Å²) in [4.78, 5) is 17.5. The maximum atomic E-state index is 12.4. The molecule has 4 rings (SSSR count). The maximum absolute atomic E-state index is 12.4. The van der Waals surface area contributed by atoms with E-state index in [4.69, 9.17) is 0 Å². The van der Waals surface area contributed by atoms with E-state index < -0.39 is 10.0 Å². The topological polar surface area (TPSA) is 136 Å². The number of imidazole rings is 1. The van der Waals surface area contributed by atoms with Gasteiger partial charge in [0, 0.05) is 13.6 Å². The van der Waals surface area contributed by atoms with E-state index in [1.807, 2.05) is 18.0 Å². The number of rotatable bonds is 7. The second-order valence-electron chi connectivity index (χ2n) is 6.86. The minimum Gasteiger partial charge on any atom is -0.508 e. The van der Waals surface area contributed by atoms with Crippen molar-refractivity contribution in [3.05, 3.63) is 60.7 Å². The summed E-state index contributed by atoms with van der Waals surface area (Å²) in [6.45, 7) is 0.491. The Labute approximate surface area is 179 Å². The first-order valence-electron chi connectivity index (χ1n) is 9.35.